The fraction of sp³-hybridized carbons (Fsp3) is 0.857. The summed E-state index contributed by atoms with van der Waals surface area (Å²) in [5.74, 6) is -1.37. The van der Waals surface area contributed by atoms with Crippen molar-refractivity contribution in [1.82, 2.24) is 5.32 Å². The van der Waals surface area contributed by atoms with Gasteiger partial charge in [-0.3, -0.25) is 9.59 Å². The van der Waals surface area contributed by atoms with Crippen LogP contribution in [-0.2, 0) is 19.1 Å². The zero-order valence-electron chi connectivity index (χ0n) is 12.3. The van der Waals surface area contributed by atoms with E-state index in [0.717, 1.165) is 12.8 Å². The van der Waals surface area contributed by atoms with Gasteiger partial charge in [0.05, 0.1) is 12.2 Å². The molecule has 19 heavy (non-hydrogen) atoms. The van der Waals surface area contributed by atoms with Gasteiger partial charge in [-0.1, -0.05) is 6.92 Å². The fourth-order valence-electron chi connectivity index (χ4n) is 2.36. The van der Waals surface area contributed by atoms with E-state index in [4.69, 9.17) is 9.47 Å². The summed E-state index contributed by atoms with van der Waals surface area (Å²) in [4.78, 5) is 23.8. The lowest BCUT2D eigenvalue weighted by Gasteiger charge is -2.36. The molecule has 1 saturated heterocycles. The molecule has 2 atom stereocenters. The Hall–Kier alpha value is -1.10. The molecule has 0 aromatic rings. The molecule has 1 rings (SSSR count). The first kappa shape index (κ1) is 16.0. The molecule has 0 bridgehead atoms. The Morgan fingerprint density at radius 3 is 2.63 bits per heavy atom. The van der Waals surface area contributed by atoms with Crippen molar-refractivity contribution in [2.75, 3.05) is 13.2 Å². The maximum atomic E-state index is 12.1. The van der Waals surface area contributed by atoms with E-state index in [0.29, 0.717) is 19.6 Å². The summed E-state index contributed by atoms with van der Waals surface area (Å²) in [5, 5.41) is 2.95. The molecule has 0 unspecified atom stereocenters. The minimum absolute atomic E-state index is 0.0692. The van der Waals surface area contributed by atoms with Crippen molar-refractivity contribution < 1.29 is 19.1 Å². The van der Waals surface area contributed by atoms with Gasteiger partial charge in [0.15, 0.2) is 0 Å². The molecule has 5 nitrogen and oxygen atoms in total. The topological polar surface area (TPSA) is 64.6 Å². The lowest BCUT2D eigenvalue weighted by Crippen LogP contribution is -2.48. The van der Waals surface area contributed by atoms with E-state index in [9.17, 15) is 9.59 Å². The third kappa shape index (κ3) is 4.82. The predicted molar refractivity (Wildman–Crippen MR) is 71.6 cm³/mol. The molecule has 0 saturated carbocycles. The van der Waals surface area contributed by atoms with Crippen molar-refractivity contribution in [3.63, 3.8) is 0 Å². The number of ether oxygens (including phenoxy) is 2. The standard InChI is InChI=1S/C14H25NO4/c1-5-11(13(17)18-6-2)12(16)15-10-7-8-19-14(3,4)9-10/h10-11H,5-9H2,1-4H3,(H,15,16)/t10-,11-/m0/s1. The third-order valence-electron chi connectivity index (χ3n) is 3.34. The Morgan fingerprint density at radius 1 is 1.42 bits per heavy atom. The number of hydrogen-bond acceptors (Lipinski definition) is 4. The van der Waals surface area contributed by atoms with Gasteiger partial charge in [-0.05, 0) is 40.0 Å². The Kier molecular flexibility index (Phi) is 5.79. The van der Waals surface area contributed by atoms with Crippen molar-refractivity contribution >= 4 is 11.9 Å². The quantitative estimate of drug-likeness (QED) is 0.610. The molecule has 1 fully saturated rings. The number of carbonyl (C=O) groups excluding carboxylic acids is 2. The summed E-state index contributed by atoms with van der Waals surface area (Å²) in [6.45, 7) is 8.50. The number of hydrogen-bond donors (Lipinski definition) is 1. The monoisotopic (exact) mass is 271 g/mol. The maximum Gasteiger partial charge on any atom is 0.318 e. The second kappa shape index (κ2) is 6.89. The van der Waals surface area contributed by atoms with Crippen LogP contribution in [0.4, 0.5) is 0 Å². The highest BCUT2D eigenvalue weighted by Crippen LogP contribution is 2.24. The summed E-state index contributed by atoms with van der Waals surface area (Å²) >= 11 is 0. The minimum atomic E-state index is -0.703. The van der Waals surface area contributed by atoms with Crippen LogP contribution in [0.3, 0.4) is 0 Å². The molecule has 1 heterocycles. The second-order valence-corrected chi connectivity index (χ2v) is 5.52. The molecule has 0 radical (unpaired) electrons. The van der Waals surface area contributed by atoms with Crippen LogP contribution in [0.2, 0.25) is 0 Å². The minimum Gasteiger partial charge on any atom is -0.465 e. The molecule has 1 aliphatic heterocycles. The first-order valence-corrected chi connectivity index (χ1v) is 7.00. The summed E-state index contributed by atoms with van der Waals surface area (Å²) in [7, 11) is 0. The molecule has 1 N–H and O–H groups in total. The van der Waals surface area contributed by atoms with E-state index in [-0.39, 0.29) is 17.6 Å². The molecular weight excluding hydrogens is 246 g/mol. The van der Waals surface area contributed by atoms with E-state index in [1.807, 2.05) is 20.8 Å². The van der Waals surface area contributed by atoms with Crippen LogP contribution in [0.1, 0.15) is 47.0 Å². The third-order valence-corrected chi connectivity index (χ3v) is 3.34. The number of nitrogens with one attached hydrogen (secondary N) is 1. The number of esters is 1. The Morgan fingerprint density at radius 2 is 2.11 bits per heavy atom. The molecule has 0 aromatic heterocycles. The lowest BCUT2D eigenvalue weighted by molar-refractivity contribution is -0.152. The highest BCUT2D eigenvalue weighted by Gasteiger charge is 2.33. The first-order chi connectivity index (χ1) is 8.89. The van der Waals surface area contributed by atoms with Crippen LogP contribution in [0.5, 0.6) is 0 Å². The average molecular weight is 271 g/mol. The van der Waals surface area contributed by atoms with E-state index < -0.39 is 11.9 Å². The van der Waals surface area contributed by atoms with Gasteiger partial charge in [0.25, 0.3) is 0 Å². The lowest BCUT2D eigenvalue weighted by atomic mass is 9.93. The molecule has 1 amide bonds. The van der Waals surface area contributed by atoms with E-state index >= 15 is 0 Å². The Bertz CT molecular complexity index is 327. The summed E-state index contributed by atoms with van der Waals surface area (Å²) in [6.07, 6.45) is 2.00. The Labute approximate surface area is 115 Å². The molecule has 0 aromatic carbocycles. The van der Waals surface area contributed by atoms with Crippen molar-refractivity contribution in [2.24, 2.45) is 5.92 Å². The van der Waals surface area contributed by atoms with Crippen LogP contribution >= 0.6 is 0 Å². The predicted octanol–water partition coefficient (Wildman–Crippen LogP) is 1.65. The zero-order chi connectivity index (χ0) is 14.5. The van der Waals surface area contributed by atoms with E-state index in [1.54, 1.807) is 6.92 Å². The van der Waals surface area contributed by atoms with Gasteiger partial charge >= 0.3 is 5.97 Å². The van der Waals surface area contributed by atoms with Gasteiger partial charge in [0.2, 0.25) is 5.91 Å². The van der Waals surface area contributed by atoms with Crippen molar-refractivity contribution in [2.45, 2.75) is 58.6 Å². The smallest absolute Gasteiger partial charge is 0.318 e. The zero-order valence-corrected chi connectivity index (χ0v) is 12.3. The summed E-state index contributed by atoms with van der Waals surface area (Å²) in [6, 6.07) is 0.0692. The van der Waals surface area contributed by atoms with Gasteiger partial charge < -0.3 is 14.8 Å². The van der Waals surface area contributed by atoms with Gasteiger partial charge in [-0.15, -0.1) is 0 Å². The number of rotatable bonds is 5. The van der Waals surface area contributed by atoms with E-state index in [1.165, 1.54) is 0 Å². The molecule has 0 aliphatic carbocycles. The fourth-order valence-corrected chi connectivity index (χ4v) is 2.36. The average Bonchev–Trinajstić information content (AvgIpc) is 2.28. The number of amides is 1. The van der Waals surface area contributed by atoms with Crippen LogP contribution in [0.15, 0.2) is 0 Å². The molecule has 110 valence electrons. The molecule has 5 heteroatoms. The highest BCUT2D eigenvalue weighted by molar-refractivity contribution is 5.97. The summed E-state index contributed by atoms with van der Waals surface area (Å²) in [5.41, 5.74) is -0.220. The largest absolute Gasteiger partial charge is 0.465 e. The van der Waals surface area contributed by atoms with Crippen LogP contribution in [-0.4, -0.2) is 36.7 Å². The normalized spacial score (nSPS) is 23.5. The molecule has 1 aliphatic rings. The van der Waals surface area contributed by atoms with Gasteiger partial charge in [0.1, 0.15) is 5.92 Å². The summed E-state index contributed by atoms with van der Waals surface area (Å²) < 4.78 is 10.5. The van der Waals surface area contributed by atoms with Gasteiger partial charge in [-0.2, -0.15) is 0 Å². The van der Waals surface area contributed by atoms with E-state index in [2.05, 4.69) is 5.32 Å². The van der Waals surface area contributed by atoms with Crippen LogP contribution < -0.4 is 5.32 Å². The first-order valence-electron chi connectivity index (χ1n) is 7.00. The van der Waals surface area contributed by atoms with Crippen LogP contribution in [0.25, 0.3) is 0 Å². The second-order valence-electron chi connectivity index (χ2n) is 5.52. The highest BCUT2D eigenvalue weighted by atomic mass is 16.5. The maximum absolute atomic E-state index is 12.1. The van der Waals surface area contributed by atoms with Gasteiger partial charge in [-0.25, -0.2) is 0 Å². The Balaban J connectivity index is 2.55. The molecular formula is C14H25NO4. The SMILES string of the molecule is CCOC(=O)[C@@H](CC)C(=O)N[C@H]1CCOC(C)(C)C1. The van der Waals surface area contributed by atoms with Crippen molar-refractivity contribution in [1.29, 1.82) is 0 Å². The molecule has 0 spiro atoms. The van der Waals surface area contributed by atoms with Crippen molar-refractivity contribution in [3.05, 3.63) is 0 Å². The van der Waals surface area contributed by atoms with Gasteiger partial charge in [0, 0.05) is 12.6 Å². The van der Waals surface area contributed by atoms with Crippen molar-refractivity contribution in [3.8, 4) is 0 Å². The van der Waals surface area contributed by atoms with Crippen LogP contribution in [0, 0.1) is 5.92 Å². The number of carbonyl (C=O) groups is 2.